The maximum Gasteiger partial charge on any atom is 0.416 e. The van der Waals surface area contributed by atoms with Crippen LogP contribution in [-0.4, -0.2) is 42.5 Å². The lowest BCUT2D eigenvalue weighted by molar-refractivity contribution is -0.138. The van der Waals surface area contributed by atoms with Gasteiger partial charge in [0.1, 0.15) is 5.75 Å². The van der Waals surface area contributed by atoms with Crippen molar-refractivity contribution >= 4 is 28.3 Å². The van der Waals surface area contributed by atoms with E-state index in [1.807, 2.05) is 11.0 Å². The second-order valence-corrected chi connectivity index (χ2v) is 9.77. The number of halogens is 3. The largest absolute Gasteiger partial charge is 0.497 e. The molecule has 3 aromatic rings. The zero-order valence-corrected chi connectivity index (χ0v) is 20.2. The summed E-state index contributed by atoms with van der Waals surface area (Å²) in [6, 6.07) is 9.27. The third-order valence-electron chi connectivity index (χ3n) is 6.33. The van der Waals surface area contributed by atoms with E-state index in [1.54, 1.807) is 18.3 Å². The molecule has 3 heterocycles. The van der Waals surface area contributed by atoms with Crippen LogP contribution in [0.25, 0.3) is 5.57 Å². The summed E-state index contributed by atoms with van der Waals surface area (Å²) in [5.74, 6) is -0.0996. The van der Waals surface area contributed by atoms with Gasteiger partial charge in [-0.1, -0.05) is 23.5 Å². The first kappa shape index (κ1) is 24.3. The molecular weight excluding hydrogens is 491 g/mol. The second-order valence-electron chi connectivity index (χ2n) is 8.79. The van der Waals surface area contributed by atoms with Gasteiger partial charge in [-0.3, -0.25) is 0 Å². The van der Waals surface area contributed by atoms with Gasteiger partial charge in [0, 0.05) is 31.1 Å². The number of nitrogens with zero attached hydrogens (tertiary/aromatic N) is 4. The highest BCUT2D eigenvalue weighted by atomic mass is 32.1. The number of hydrogen-bond donors (Lipinski definition) is 2. The summed E-state index contributed by atoms with van der Waals surface area (Å²) >= 11 is 1.25. The van der Waals surface area contributed by atoms with Crippen LogP contribution in [0.1, 0.15) is 34.4 Å². The summed E-state index contributed by atoms with van der Waals surface area (Å²) in [6.07, 6.45) is -1.25. The van der Waals surface area contributed by atoms with Crippen molar-refractivity contribution in [2.24, 2.45) is 15.9 Å². The van der Waals surface area contributed by atoms with Crippen LogP contribution in [0.15, 0.2) is 46.6 Å². The van der Waals surface area contributed by atoms with E-state index >= 15 is 0 Å². The van der Waals surface area contributed by atoms with Crippen molar-refractivity contribution in [1.29, 1.82) is 0 Å². The number of anilines is 1. The number of alkyl halides is 3. The third-order valence-corrected chi connectivity index (χ3v) is 7.49. The van der Waals surface area contributed by atoms with Crippen LogP contribution in [0.5, 0.6) is 11.6 Å². The van der Waals surface area contributed by atoms with Crippen molar-refractivity contribution in [2.45, 2.75) is 31.5 Å². The van der Waals surface area contributed by atoms with E-state index in [0.29, 0.717) is 32.7 Å². The molecule has 2 aliphatic rings. The molecule has 0 aliphatic carbocycles. The van der Waals surface area contributed by atoms with Gasteiger partial charge >= 0.3 is 6.18 Å². The summed E-state index contributed by atoms with van der Waals surface area (Å²) < 4.78 is 47.0. The smallest absolute Gasteiger partial charge is 0.416 e. The summed E-state index contributed by atoms with van der Waals surface area (Å²) in [4.78, 5) is 6.80. The minimum atomic E-state index is -4.58. The molecule has 0 amide bonds. The number of nitrogens with two attached hydrogens (primary N) is 1. The van der Waals surface area contributed by atoms with E-state index in [2.05, 4.69) is 15.2 Å². The molecule has 5 rings (SSSR count). The number of aromatic hydroxyl groups is 1. The fourth-order valence-electron chi connectivity index (χ4n) is 4.51. The van der Waals surface area contributed by atoms with Gasteiger partial charge in [-0.2, -0.15) is 28.4 Å². The van der Waals surface area contributed by atoms with Crippen molar-refractivity contribution in [3.8, 4) is 11.6 Å². The van der Waals surface area contributed by atoms with Gasteiger partial charge in [-0.15, -0.1) is 0 Å². The zero-order chi connectivity index (χ0) is 25.4. The lowest BCUT2D eigenvalue weighted by Gasteiger charge is -2.30. The topological polar surface area (TPSA) is 96.3 Å². The molecule has 36 heavy (non-hydrogen) atoms. The van der Waals surface area contributed by atoms with Gasteiger partial charge in [-0.25, -0.2) is 0 Å². The van der Waals surface area contributed by atoms with Gasteiger partial charge in [-0.05, 0) is 53.5 Å². The Morgan fingerprint density at radius 3 is 2.83 bits per heavy atom. The highest BCUT2D eigenvalue weighted by Crippen LogP contribution is 2.40. The molecule has 1 aromatic heterocycles. The van der Waals surface area contributed by atoms with Crippen molar-refractivity contribution in [2.75, 3.05) is 25.1 Å². The Morgan fingerprint density at radius 2 is 2.08 bits per heavy atom. The quantitative estimate of drug-likeness (QED) is 0.544. The average molecular weight is 516 g/mol. The minimum absolute atomic E-state index is 0.00471. The first-order chi connectivity index (χ1) is 17.2. The highest BCUT2D eigenvalue weighted by Gasteiger charge is 2.34. The molecule has 1 saturated heterocycles. The summed E-state index contributed by atoms with van der Waals surface area (Å²) in [6.45, 7) is 1.36. The number of ether oxygens (including phenoxy) is 1. The van der Waals surface area contributed by atoms with Gasteiger partial charge in [0.25, 0.3) is 0 Å². The van der Waals surface area contributed by atoms with E-state index in [4.69, 9.17) is 10.5 Å². The van der Waals surface area contributed by atoms with Gasteiger partial charge in [0.05, 0.1) is 29.1 Å². The average Bonchev–Trinajstić information content (AvgIpc) is 3.48. The Kier molecular flexibility index (Phi) is 6.44. The molecule has 0 spiro atoms. The van der Waals surface area contributed by atoms with E-state index in [0.717, 1.165) is 31.0 Å². The highest BCUT2D eigenvalue weighted by molar-refractivity contribution is 7.17. The molecule has 1 fully saturated rings. The number of piperidine rings is 1. The SMILES string of the molecule is COc1ccc(CC(c2sc(N3CCC[C@H](N)C3)nc2O)=c2ccc3c(c2)C=NN=3)c(C(F)(F)F)c1. The first-order valence-corrected chi connectivity index (χ1v) is 12.2. The summed E-state index contributed by atoms with van der Waals surface area (Å²) in [7, 11) is 1.33. The van der Waals surface area contributed by atoms with Crippen molar-refractivity contribution in [3.63, 3.8) is 0 Å². The van der Waals surface area contributed by atoms with Crippen LogP contribution >= 0.6 is 11.3 Å². The molecule has 188 valence electrons. The van der Waals surface area contributed by atoms with E-state index in [9.17, 15) is 18.3 Å². The Labute approximate surface area is 209 Å². The van der Waals surface area contributed by atoms with E-state index < -0.39 is 11.7 Å². The molecule has 0 saturated carbocycles. The number of aromatic nitrogens is 1. The predicted molar refractivity (Wildman–Crippen MR) is 132 cm³/mol. The molecule has 0 radical (unpaired) electrons. The summed E-state index contributed by atoms with van der Waals surface area (Å²) in [5.41, 5.74) is 6.67. The monoisotopic (exact) mass is 515 g/mol. The molecule has 0 bridgehead atoms. The molecule has 3 N–H and O–H groups in total. The number of benzene rings is 2. The fourth-order valence-corrected chi connectivity index (χ4v) is 5.57. The second kappa shape index (κ2) is 9.55. The fraction of sp³-hybridized carbons (Fsp3) is 0.320. The minimum Gasteiger partial charge on any atom is -0.497 e. The number of methoxy groups -OCH3 is 1. The Morgan fingerprint density at radius 1 is 1.25 bits per heavy atom. The van der Waals surface area contributed by atoms with Gasteiger partial charge in [0.15, 0.2) is 5.13 Å². The summed E-state index contributed by atoms with van der Waals surface area (Å²) in [5, 5.41) is 20.7. The molecular formula is C25H24F3N5O2S. The maximum absolute atomic E-state index is 14.0. The third kappa shape index (κ3) is 4.80. The Balaban J connectivity index is 1.66. The van der Waals surface area contributed by atoms with E-state index in [-0.39, 0.29) is 29.7 Å². The molecule has 11 heteroatoms. The number of fused-ring (bicyclic) bond motifs is 1. The lowest BCUT2D eigenvalue weighted by Crippen LogP contribution is -2.42. The van der Waals surface area contributed by atoms with Gasteiger partial charge < -0.3 is 20.5 Å². The van der Waals surface area contributed by atoms with Crippen LogP contribution in [0.3, 0.4) is 0 Å². The van der Waals surface area contributed by atoms with Gasteiger partial charge in [0.2, 0.25) is 5.88 Å². The molecule has 0 unspecified atom stereocenters. The molecule has 2 aliphatic heterocycles. The number of rotatable bonds is 5. The van der Waals surface area contributed by atoms with Crippen LogP contribution in [0, 0.1) is 0 Å². The molecule has 1 atom stereocenters. The number of hydrogen-bond acceptors (Lipinski definition) is 8. The van der Waals surface area contributed by atoms with Crippen molar-refractivity contribution in [3.05, 3.63) is 68.5 Å². The van der Waals surface area contributed by atoms with E-state index in [1.165, 1.54) is 30.6 Å². The van der Waals surface area contributed by atoms with Crippen molar-refractivity contribution in [1.82, 2.24) is 4.98 Å². The Bertz CT molecular complexity index is 1450. The van der Waals surface area contributed by atoms with Crippen LogP contribution < -0.4 is 25.9 Å². The van der Waals surface area contributed by atoms with Crippen LogP contribution in [-0.2, 0) is 12.6 Å². The Hall–Kier alpha value is -3.44. The predicted octanol–water partition coefficient (Wildman–Crippen LogP) is 3.21. The zero-order valence-electron chi connectivity index (χ0n) is 19.4. The normalized spacial score (nSPS) is 18.1. The first-order valence-electron chi connectivity index (χ1n) is 11.4. The number of thiazole rings is 1. The van der Waals surface area contributed by atoms with Crippen LogP contribution in [0.4, 0.5) is 18.3 Å². The maximum atomic E-state index is 14.0. The lowest BCUT2D eigenvalue weighted by atomic mass is 9.96. The van der Waals surface area contributed by atoms with Crippen molar-refractivity contribution < 1.29 is 23.0 Å². The molecule has 2 aromatic carbocycles. The standard InChI is InChI=1S/C25H24F3N5O2S/c1-35-18-6-4-15(20(11-18)25(26,27)28)10-19(14-5-7-21-16(9-14)12-30-32-21)22-23(34)31-24(36-22)33-8-2-3-17(29)13-33/h4-7,9,11-12,17,34H,2-3,8,10,13,29H2,1H3/t17-/m0/s1. The molecule has 7 nitrogen and oxygen atoms in total. The van der Waals surface area contributed by atoms with Crippen LogP contribution in [0.2, 0.25) is 0 Å².